The van der Waals surface area contributed by atoms with Crippen LogP contribution in [0.15, 0.2) is 12.1 Å². The van der Waals surface area contributed by atoms with Gasteiger partial charge in [-0.25, -0.2) is 0 Å². The second-order valence-corrected chi connectivity index (χ2v) is 6.71. The summed E-state index contributed by atoms with van der Waals surface area (Å²) in [5, 5.41) is 0. The van der Waals surface area contributed by atoms with Gasteiger partial charge < -0.3 is 0 Å². The summed E-state index contributed by atoms with van der Waals surface area (Å²) in [5.41, 5.74) is 5.18. The molecule has 1 aliphatic carbocycles. The number of hydrogen-bond acceptors (Lipinski definition) is 1. The molecule has 0 aliphatic heterocycles. The van der Waals surface area contributed by atoms with Crippen LogP contribution in [-0.2, 0) is 10.8 Å². The minimum Gasteiger partial charge on any atom is -0.295 e. The minimum atomic E-state index is 0.172. The second-order valence-electron chi connectivity index (χ2n) is 6.71. The van der Waals surface area contributed by atoms with E-state index in [0.717, 1.165) is 17.5 Å². The van der Waals surface area contributed by atoms with Gasteiger partial charge in [-0.1, -0.05) is 33.8 Å². The van der Waals surface area contributed by atoms with E-state index >= 15 is 0 Å². The van der Waals surface area contributed by atoms with E-state index < -0.39 is 0 Å². The molecule has 1 aromatic rings. The van der Waals surface area contributed by atoms with Gasteiger partial charge in [-0.15, -0.1) is 0 Å². The molecule has 1 heteroatoms. The van der Waals surface area contributed by atoms with Crippen molar-refractivity contribution in [2.75, 3.05) is 0 Å². The zero-order valence-electron chi connectivity index (χ0n) is 11.8. The van der Waals surface area contributed by atoms with Crippen molar-refractivity contribution >= 4 is 5.78 Å². The number of Topliss-reactive ketones (excluding diaryl/α,β-unsaturated/α-hetero) is 1. The molecule has 2 rings (SSSR count). The Labute approximate surface area is 104 Å². The largest absolute Gasteiger partial charge is 0.295 e. The number of rotatable bonds is 1. The number of carbonyl (C=O) groups is 1. The van der Waals surface area contributed by atoms with Crippen molar-refractivity contribution in [3.05, 3.63) is 34.4 Å². The Morgan fingerprint density at radius 2 is 1.53 bits per heavy atom. The highest BCUT2D eigenvalue weighted by Gasteiger charge is 2.42. The van der Waals surface area contributed by atoms with Crippen molar-refractivity contribution in [2.24, 2.45) is 0 Å². The fourth-order valence-corrected chi connectivity index (χ4v) is 3.50. The van der Waals surface area contributed by atoms with Gasteiger partial charge in [-0.05, 0) is 53.9 Å². The van der Waals surface area contributed by atoms with E-state index in [1.54, 1.807) is 6.92 Å². The summed E-state index contributed by atoms with van der Waals surface area (Å²) < 4.78 is 0. The van der Waals surface area contributed by atoms with Crippen LogP contribution in [0.5, 0.6) is 0 Å². The van der Waals surface area contributed by atoms with Gasteiger partial charge in [0.2, 0.25) is 0 Å². The normalized spacial score (nSPS) is 20.1. The smallest absolute Gasteiger partial charge is 0.160 e. The SMILES string of the molecule is CC(=O)c1cc2c(cc1C)C(C)(C)CC2(C)C. The van der Waals surface area contributed by atoms with Crippen molar-refractivity contribution in [1.29, 1.82) is 0 Å². The van der Waals surface area contributed by atoms with Gasteiger partial charge in [0.25, 0.3) is 0 Å². The molecule has 0 saturated heterocycles. The Bertz CT molecular complexity index is 492. The van der Waals surface area contributed by atoms with Crippen LogP contribution in [0.1, 0.15) is 68.1 Å². The molecule has 0 unspecified atom stereocenters. The second kappa shape index (κ2) is 3.44. The highest BCUT2D eigenvalue weighted by atomic mass is 16.1. The fraction of sp³-hybridized carbons (Fsp3) is 0.562. The van der Waals surface area contributed by atoms with Crippen molar-refractivity contribution in [3.63, 3.8) is 0 Å². The maximum Gasteiger partial charge on any atom is 0.160 e. The van der Waals surface area contributed by atoms with E-state index in [1.807, 2.05) is 6.92 Å². The zero-order valence-corrected chi connectivity index (χ0v) is 11.8. The first-order chi connectivity index (χ1) is 7.65. The Morgan fingerprint density at radius 1 is 1.06 bits per heavy atom. The van der Waals surface area contributed by atoms with Crippen LogP contribution in [0.25, 0.3) is 0 Å². The van der Waals surface area contributed by atoms with Crippen LogP contribution in [0.4, 0.5) is 0 Å². The number of fused-ring (bicyclic) bond motifs is 1. The van der Waals surface area contributed by atoms with E-state index in [9.17, 15) is 4.79 Å². The van der Waals surface area contributed by atoms with Crippen molar-refractivity contribution in [2.45, 2.75) is 58.8 Å². The third kappa shape index (κ3) is 1.82. The molecular formula is C16H22O. The molecule has 0 N–H and O–H groups in total. The molecule has 92 valence electrons. The Balaban J connectivity index is 2.72. The minimum absolute atomic E-state index is 0.172. The third-order valence-corrected chi connectivity index (χ3v) is 4.09. The number of hydrogen-bond donors (Lipinski definition) is 0. The van der Waals surface area contributed by atoms with E-state index in [4.69, 9.17) is 0 Å². The molecule has 17 heavy (non-hydrogen) atoms. The molecule has 0 heterocycles. The van der Waals surface area contributed by atoms with Crippen LogP contribution >= 0.6 is 0 Å². The number of ketones is 1. The Morgan fingerprint density at radius 3 is 2.00 bits per heavy atom. The standard InChI is InChI=1S/C16H22O/c1-10-7-13-14(8-12(10)11(2)17)16(5,6)9-15(13,3)4/h7-8H,9H2,1-6H3. The van der Waals surface area contributed by atoms with Gasteiger partial charge in [0.1, 0.15) is 0 Å². The van der Waals surface area contributed by atoms with Crippen LogP contribution in [0, 0.1) is 6.92 Å². The lowest BCUT2D eigenvalue weighted by Gasteiger charge is -2.22. The lowest BCUT2D eigenvalue weighted by atomic mass is 9.82. The number of carbonyl (C=O) groups excluding carboxylic acids is 1. The highest BCUT2D eigenvalue weighted by molar-refractivity contribution is 5.96. The summed E-state index contributed by atoms with van der Waals surface area (Å²) in [4.78, 5) is 11.6. The molecule has 0 saturated carbocycles. The Hall–Kier alpha value is -1.11. The van der Waals surface area contributed by atoms with Crippen molar-refractivity contribution in [1.82, 2.24) is 0 Å². The van der Waals surface area contributed by atoms with E-state index in [1.165, 1.54) is 11.1 Å². The monoisotopic (exact) mass is 230 g/mol. The van der Waals surface area contributed by atoms with Gasteiger partial charge in [0.05, 0.1) is 0 Å². The van der Waals surface area contributed by atoms with E-state index in [0.29, 0.717) is 0 Å². The zero-order chi connectivity index (χ0) is 13.0. The summed E-state index contributed by atoms with van der Waals surface area (Å²) in [6.07, 6.45) is 1.15. The molecule has 0 aromatic heterocycles. The maximum absolute atomic E-state index is 11.6. The summed E-state index contributed by atoms with van der Waals surface area (Å²) in [5.74, 6) is 0.172. The molecule has 1 aromatic carbocycles. The molecule has 0 amide bonds. The average molecular weight is 230 g/mol. The van der Waals surface area contributed by atoms with Gasteiger partial charge in [0, 0.05) is 5.56 Å². The molecule has 0 spiro atoms. The molecule has 0 atom stereocenters. The summed E-state index contributed by atoms with van der Waals surface area (Å²) in [6.45, 7) is 12.8. The average Bonchev–Trinajstić information content (AvgIpc) is 2.30. The van der Waals surface area contributed by atoms with Gasteiger partial charge in [-0.3, -0.25) is 4.79 Å². The number of aryl methyl sites for hydroxylation is 1. The molecule has 0 radical (unpaired) electrons. The highest BCUT2D eigenvalue weighted by Crippen LogP contribution is 2.49. The van der Waals surface area contributed by atoms with Crippen molar-refractivity contribution in [3.8, 4) is 0 Å². The number of benzene rings is 1. The third-order valence-electron chi connectivity index (χ3n) is 4.09. The molecule has 0 bridgehead atoms. The Kier molecular flexibility index (Phi) is 2.50. The van der Waals surface area contributed by atoms with Crippen LogP contribution in [-0.4, -0.2) is 5.78 Å². The first-order valence-electron chi connectivity index (χ1n) is 6.32. The predicted octanol–water partition coefficient (Wildman–Crippen LogP) is 4.16. The topological polar surface area (TPSA) is 17.1 Å². The first kappa shape index (κ1) is 12.3. The molecule has 0 fully saturated rings. The van der Waals surface area contributed by atoms with Gasteiger partial charge >= 0.3 is 0 Å². The lowest BCUT2D eigenvalue weighted by molar-refractivity contribution is 0.101. The molecular weight excluding hydrogens is 208 g/mol. The van der Waals surface area contributed by atoms with Crippen molar-refractivity contribution < 1.29 is 4.79 Å². The quantitative estimate of drug-likeness (QED) is 0.662. The molecule has 1 nitrogen and oxygen atoms in total. The first-order valence-corrected chi connectivity index (χ1v) is 6.32. The fourth-order valence-electron chi connectivity index (χ4n) is 3.50. The van der Waals surface area contributed by atoms with Crippen LogP contribution in [0.3, 0.4) is 0 Å². The summed E-state index contributed by atoms with van der Waals surface area (Å²) in [7, 11) is 0. The predicted molar refractivity (Wildman–Crippen MR) is 71.9 cm³/mol. The summed E-state index contributed by atoms with van der Waals surface area (Å²) >= 11 is 0. The van der Waals surface area contributed by atoms with Gasteiger partial charge in [-0.2, -0.15) is 0 Å². The van der Waals surface area contributed by atoms with Gasteiger partial charge in [0.15, 0.2) is 5.78 Å². The van der Waals surface area contributed by atoms with E-state index in [-0.39, 0.29) is 16.6 Å². The lowest BCUT2D eigenvalue weighted by Crippen LogP contribution is -2.18. The van der Waals surface area contributed by atoms with E-state index in [2.05, 4.69) is 39.8 Å². The van der Waals surface area contributed by atoms with Crippen LogP contribution < -0.4 is 0 Å². The summed E-state index contributed by atoms with van der Waals surface area (Å²) in [6, 6.07) is 4.35. The maximum atomic E-state index is 11.6. The molecule has 1 aliphatic rings. The van der Waals surface area contributed by atoms with Crippen LogP contribution in [0.2, 0.25) is 0 Å².